The third-order valence-corrected chi connectivity index (χ3v) is 2.33. The summed E-state index contributed by atoms with van der Waals surface area (Å²) in [4.78, 5) is 24.7. The number of aromatic amines is 1. The van der Waals surface area contributed by atoms with Gasteiger partial charge in [-0.15, -0.1) is 0 Å². The molecule has 0 unspecified atom stereocenters. The van der Waals surface area contributed by atoms with Crippen molar-refractivity contribution in [3.8, 4) is 0 Å². The summed E-state index contributed by atoms with van der Waals surface area (Å²) in [6, 6.07) is 7.77. The molecule has 88 valence electrons. The van der Waals surface area contributed by atoms with Crippen molar-refractivity contribution in [3.05, 3.63) is 33.9 Å². The second-order valence-corrected chi connectivity index (χ2v) is 5.12. The molecule has 2 aromatic rings. The van der Waals surface area contributed by atoms with Crippen LogP contribution in [0.1, 0.15) is 0 Å². The summed E-state index contributed by atoms with van der Waals surface area (Å²) in [7, 11) is -4.64. The molecule has 0 saturated carbocycles. The molecule has 0 radical (unpaired) electrons. The number of phosphoric acid groups is 1. The van der Waals surface area contributed by atoms with Gasteiger partial charge in [0.25, 0.3) is 0 Å². The van der Waals surface area contributed by atoms with Crippen LogP contribution in [0, 0.1) is 0 Å². The summed E-state index contributed by atoms with van der Waals surface area (Å²) in [6.07, 6.45) is 0. The van der Waals surface area contributed by atoms with E-state index in [4.69, 9.17) is 30.8 Å². The summed E-state index contributed by atoms with van der Waals surface area (Å²) in [6.45, 7) is 0. The monoisotopic (exact) mass is 327 g/mol. The Labute approximate surface area is 104 Å². The van der Waals surface area contributed by atoms with Crippen LogP contribution in [-0.2, 0) is 4.57 Å². The van der Waals surface area contributed by atoms with Crippen LogP contribution < -0.4 is 0 Å². The van der Waals surface area contributed by atoms with Crippen LogP contribution in [0.4, 0.5) is 0 Å². The topological polar surface area (TPSA) is 93.6 Å². The first-order valence-corrected chi connectivity index (χ1v) is 6.72. The second kappa shape index (κ2) is 5.31. The lowest BCUT2D eigenvalue weighted by molar-refractivity contribution is 0.275. The zero-order chi connectivity index (χ0) is 12.3. The van der Waals surface area contributed by atoms with Gasteiger partial charge in [0, 0.05) is 15.9 Å². The van der Waals surface area contributed by atoms with Gasteiger partial charge in [0.2, 0.25) is 0 Å². The minimum absolute atomic E-state index is 0.782. The molecule has 1 aromatic heterocycles. The van der Waals surface area contributed by atoms with Gasteiger partial charge in [-0.25, -0.2) is 4.57 Å². The molecule has 16 heavy (non-hydrogen) atoms. The van der Waals surface area contributed by atoms with Crippen LogP contribution >= 0.6 is 35.4 Å². The van der Waals surface area contributed by atoms with Gasteiger partial charge in [-0.3, -0.25) is 0 Å². The standard InChI is InChI=1S/C8H5BrClN.H3O4P/c9-8-4-5-6(10)2-1-3-7(5)11-8;1-5(2,3)4/h1-4,11H;(H3,1,2,3,4). The van der Waals surface area contributed by atoms with Crippen molar-refractivity contribution < 1.29 is 19.2 Å². The third kappa shape index (κ3) is 4.65. The number of benzene rings is 1. The largest absolute Gasteiger partial charge is 0.466 e. The molecule has 0 aliphatic carbocycles. The first-order chi connectivity index (χ1) is 7.27. The van der Waals surface area contributed by atoms with Crippen LogP contribution in [-0.4, -0.2) is 19.7 Å². The highest BCUT2D eigenvalue weighted by Crippen LogP contribution is 2.26. The number of hydrogen-bond acceptors (Lipinski definition) is 1. The van der Waals surface area contributed by atoms with E-state index in [1.54, 1.807) is 0 Å². The molecular weight excluding hydrogens is 320 g/mol. The fourth-order valence-corrected chi connectivity index (χ4v) is 1.76. The first-order valence-electron chi connectivity index (χ1n) is 3.98. The average molecular weight is 328 g/mol. The van der Waals surface area contributed by atoms with Gasteiger partial charge in [0.05, 0.1) is 4.60 Å². The Balaban J connectivity index is 0.000000221. The smallest absolute Gasteiger partial charge is 0.349 e. The van der Waals surface area contributed by atoms with Gasteiger partial charge in [-0.05, 0) is 34.1 Å². The summed E-state index contributed by atoms with van der Waals surface area (Å²) in [5, 5.41) is 1.84. The summed E-state index contributed by atoms with van der Waals surface area (Å²) < 4.78 is 9.84. The Kier molecular flexibility index (Phi) is 4.55. The number of fused-ring (bicyclic) bond motifs is 1. The molecule has 0 aliphatic heterocycles. The summed E-state index contributed by atoms with van der Waals surface area (Å²) in [5.41, 5.74) is 1.06. The van der Waals surface area contributed by atoms with E-state index < -0.39 is 7.82 Å². The van der Waals surface area contributed by atoms with Gasteiger partial charge < -0.3 is 19.7 Å². The lowest BCUT2D eigenvalue weighted by atomic mass is 10.2. The molecule has 1 aromatic carbocycles. The van der Waals surface area contributed by atoms with Crippen molar-refractivity contribution in [1.29, 1.82) is 0 Å². The van der Waals surface area contributed by atoms with Crippen molar-refractivity contribution in [2.45, 2.75) is 0 Å². The molecule has 0 atom stereocenters. The van der Waals surface area contributed by atoms with E-state index in [0.717, 1.165) is 20.5 Å². The lowest BCUT2D eigenvalue weighted by Crippen LogP contribution is -1.66. The molecule has 0 amide bonds. The molecule has 8 heteroatoms. The molecule has 0 aliphatic rings. The van der Waals surface area contributed by atoms with Gasteiger partial charge in [-0.2, -0.15) is 0 Å². The highest BCUT2D eigenvalue weighted by Gasteiger charge is 2.00. The number of rotatable bonds is 0. The fourth-order valence-electron chi connectivity index (χ4n) is 1.08. The number of hydrogen-bond donors (Lipinski definition) is 4. The van der Waals surface area contributed by atoms with Crippen molar-refractivity contribution >= 4 is 46.3 Å². The molecule has 0 saturated heterocycles. The molecule has 0 bridgehead atoms. The normalized spacial score (nSPS) is 11.1. The molecule has 4 N–H and O–H groups in total. The van der Waals surface area contributed by atoms with E-state index in [2.05, 4.69) is 20.9 Å². The molecular formula is C8H8BrClNO4P. The predicted octanol–water partition coefficient (Wildman–Crippen LogP) is 2.66. The average Bonchev–Trinajstić information content (AvgIpc) is 2.44. The fraction of sp³-hybridized carbons (Fsp3) is 0. The Morgan fingerprint density at radius 1 is 1.31 bits per heavy atom. The van der Waals surface area contributed by atoms with E-state index >= 15 is 0 Å². The van der Waals surface area contributed by atoms with Gasteiger partial charge >= 0.3 is 7.82 Å². The Morgan fingerprint density at radius 3 is 2.38 bits per heavy atom. The van der Waals surface area contributed by atoms with E-state index in [9.17, 15) is 0 Å². The molecule has 1 heterocycles. The molecule has 2 rings (SSSR count). The van der Waals surface area contributed by atoms with Crippen LogP contribution in [0.2, 0.25) is 5.02 Å². The minimum Gasteiger partial charge on any atom is -0.349 e. The second-order valence-electron chi connectivity index (χ2n) is 2.83. The van der Waals surface area contributed by atoms with Crippen molar-refractivity contribution in [1.82, 2.24) is 4.98 Å². The Morgan fingerprint density at radius 2 is 1.88 bits per heavy atom. The van der Waals surface area contributed by atoms with E-state index in [1.165, 1.54) is 0 Å². The van der Waals surface area contributed by atoms with Gasteiger partial charge in [0.15, 0.2) is 0 Å². The number of aromatic nitrogens is 1. The van der Waals surface area contributed by atoms with Crippen molar-refractivity contribution in [2.24, 2.45) is 0 Å². The number of nitrogens with one attached hydrogen (secondary N) is 1. The Hall–Kier alpha value is -0.360. The van der Waals surface area contributed by atoms with E-state index in [1.807, 2.05) is 24.3 Å². The number of H-pyrrole nitrogens is 1. The SMILES string of the molecule is Clc1cccc2[nH]c(Br)cc12.O=P(O)(O)O. The van der Waals surface area contributed by atoms with Crippen molar-refractivity contribution in [2.75, 3.05) is 0 Å². The van der Waals surface area contributed by atoms with Gasteiger partial charge in [0.1, 0.15) is 0 Å². The third-order valence-electron chi connectivity index (χ3n) is 1.58. The minimum atomic E-state index is -4.64. The van der Waals surface area contributed by atoms with E-state index in [-0.39, 0.29) is 0 Å². The molecule has 0 fully saturated rings. The molecule has 0 spiro atoms. The number of halogens is 2. The van der Waals surface area contributed by atoms with Crippen LogP contribution in [0.25, 0.3) is 10.9 Å². The van der Waals surface area contributed by atoms with Crippen molar-refractivity contribution in [3.63, 3.8) is 0 Å². The van der Waals surface area contributed by atoms with Crippen LogP contribution in [0.5, 0.6) is 0 Å². The summed E-state index contributed by atoms with van der Waals surface area (Å²) in [5.74, 6) is 0. The maximum absolute atomic E-state index is 8.88. The van der Waals surface area contributed by atoms with E-state index in [0.29, 0.717) is 0 Å². The first kappa shape index (κ1) is 13.7. The maximum Gasteiger partial charge on any atom is 0.466 e. The highest BCUT2D eigenvalue weighted by molar-refractivity contribution is 9.10. The highest BCUT2D eigenvalue weighted by atomic mass is 79.9. The molecule has 5 nitrogen and oxygen atoms in total. The predicted molar refractivity (Wildman–Crippen MR) is 65.3 cm³/mol. The maximum atomic E-state index is 8.88. The lowest BCUT2D eigenvalue weighted by Gasteiger charge is -1.89. The van der Waals surface area contributed by atoms with Crippen LogP contribution in [0.3, 0.4) is 0 Å². The van der Waals surface area contributed by atoms with Crippen LogP contribution in [0.15, 0.2) is 28.9 Å². The zero-order valence-corrected chi connectivity index (χ0v) is 11.0. The summed E-state index contributed by atoms with van der Waals surface area (Å²) >= 11 is 9.27. The Bertz CT molecular complexity index is 530. The quantitative estimate of drug-likeness (QED) is 0.559. The zero-order valence-electron chi connectivity index (χ0n) is 7.76. The van der Waals surface area contributed by atoms with Gasteiger partial charge in [-0.1, -0.05) is 17.7 Å².